The van der Waals surface area contributed by atoms with Crippen molar-refractivity contribution in [2.24, 2.45) is 5.73 Å². The largest absolute Gasteiger partial charge is 0.417 e. The number of alkyl halides is 3. The van der Waals surface area contributed by atoms with E-state index in [4.69, 9.17) is 5.73 Å². The number of hydrogen-bond acceptors (Lipinski definition) is 3. The van der Waals surface area contributed by atoms with Crippen molar-refractivity contribution in [3.63, 3.8) is 0 Å². The third kappa shape index (κ3) is 2.46. The number of nitrogens with two attached hydrogens (primary N) is 1. The molecule has 0 atom stereocenters. The van der Waals surface area contributed by atoms with Crippen molar-refractivity contribution in [2.45, 2.75) is 19.1 Å². The lowest BCUT2D eigenvalue weighted by atomic mass is 10.1. The summed E-state index contributed by atoms with van der Waals surface area (Å²) in [5.74, 6) is 0. The number of hydrogen-bond donors (Lipinski definition) is 2. The van der Waals surface area contributed by atoms with Crippen LogP contribution in [-0.2, 0) is 12.7 Å². The van der Waals surface area contributed by atoms with Crippen LogP contribution >= 0.6 is 0 Å². The SMILES string of the molecule is NCCCn1c(=O)[nH]c2cccc(C(F)(F)F)c2c1=O. The van der Waals surface area contributed by atoms with Crippen molar-refractivity contribution >= 4 is 10.9 Å². The molecule has 0 spiro atoms. The smallest absolute Gasteiger partial charge is 0.330 e. The van der Waals surface area contributed by atoms with Crippen LogP contribution in [0.25, 0.3) is 10.9 Å². The van der Waals surface area contributed by atoms with Gasteiger partial charge in [-0.2, -0.15) is 13.2 Å². The quantitative estimate of drug-likeness (QED) is 0.885. The second-order valence-electron chi connectivity index (χ2n) is 4.26. The van der Waals surface area contributed by atoms with Crippen LogP contribution in [0.15, 0.2) is 27.8 Å². The lowest BCUT2D eigenvalue weighted by Gasteiger charge is -2.11. The van der Waals surface area contributed by atoms with Crippen LogP contribution in [0, 0.1) is 0 Å². The zero-order valence-electron chi connectivity index (χ0n) is 10.3. The zero-order valence-corrected chi connectivity index (χ0v) is 10.3. The summed E-state index contributed by atoms with van der Waals surface area (Å²) in [6.07, 6.45) is -4.34. The van der Waals surface area contributed by atoms with Crippen LogP contribution in [0.5, 0.6) is 0 Å². The minimum Gasteiger partial charge on any atom is -0.330 e. The number of nitrogens with one attached hydrogen (secondary N) is 1. The van der Waals surface area contributed by atoms with Crippen LogP contribution in [0.3, 0.4) is 0 Å². The molecule has 3 N–H and O–H groups in total. The highest BCUT2D eigenvalue weighted by molar-refractivity contribution is 5.81. The van der Waals surface area contributed by atoms with Crippen molar-refractivity contribution in [2.75, 3.05) is 6.54 Å². The fraction of sp³-hybridized carbons (Fsp3) is 0.333. The fourth-order valence-electron chi connectivity index (χ4n) is 1.99. The highest BCUT2D eigenvalue weighted by Crippen LogP contribution is 2.32. The van der Waals surface area contributed by atoms with Crippen LogP contribution in [-0.4, -0.2) is 16.1 Å². The molecule has 20 heavy (non-hydrogen) atoms. The van der Waals surface area contributed by atoms with E-state index in [1.54, 1.807) is 0 Å². The monoisotopic (exact) mass is 287 g/mol. The molecule has 0 aliphatic rings. The number of benzene rings is 1. The molecule has 1 aromatic carbocycles. The van der Waals surface area contributed by atoms with Gasteiger partial charge in [0.05, 0.1) is 16.5 Å². The van der Waals surface area contributed by atoms with E-state index >= 15 is 0 Å². The van der Waals surface area contributed by atoms with E-state index in [-0.39, 0.29) is 18.6 Å². The van der Waals surface area contributed by atoms with Gasteiger partial charge in [0, 0.05) is 6.54 Å². The van der Waals surface area contributed by atoms with Gasteiger partial charge in [0.25, 0.3) is 5.56 Å². The van der Waals surface area contributed by atoms with E-state index in [9.17, 15) is 22.8 Å². The molecular formula is C12H12F3N3O2. The van der Waals surface area contributed by atoms with E-state index in [0.717, 1.165) is 16.7 Å². The van der Waals surface area contributed by atoms with Crippen LogP contribution in [0.4, 0.5) is 13.2 Å². The first kappa shape index (κ1) is 14.3. The second kappa shape index (κ2) is 5.12. The van der Waals surface area contributed by atoms with E-state index < -0.39 is 28.4 Å². The van der Waals surface area contributed by atoms with Crippen molar-refractivity contribution in [1.82, 2.24) is 9.55 Å². The van der Waals surface area contributed by atoms with E-state index in [1.807, 2.05) is 0 Å². The van der Waals surface area contributed by atoms with Crippen molar-refractivity contribution < 1.29 is 13.2 Å². The van der Waals surface area contributed by atoms with Gasteiger partial charge in [-0.3, -0.25) is 9.36 Å². The van der Waals surface area contributed by atoms with Gasteiger partial charge in [-0.05, 0) is 25.1 Å². The van der Waals surface area contributed by atoms with Gasteiger partial charge >= 0.3 is 11.9 Å². The Morgan fingerprint density at radius 3 is 2.55 bits per heavy atom. The van der Waals surface area contributed by atoms with E-state index in [1.165, 1.54) is 6.07 Å². The van der Waals surface area contributed by atoms with Gasteiger partial charge in [0.1, 0.15) is 0 Å². The summed E-state index contributed by atoms with van der Waals surface area (Å²) < 4.78 is 39.5. The Labute approximate surface area is 110 Å². The first-order valence-electron chi connectivity index (χ1n) is 5.89. The third-order valence-electron chi connectivity index (χ3n) is 2.90. The maximum atomic E-state index is 12.9. The lowest BCUT2D eigenvalue weighted by Crippen LogP contribution is -2.36. The molecule has 0 saturated carbocycles. The Morgan fingerprint density at radius 2 is 1.95 bits per heavy atom. The topological polar surface area (TPSA) is 80.9 Å². The Bertz CT molecular complexity index is 746. The number of aromatic amines is 1. The number of halogens is 3. The Morgan fingerprint density at radius 1 is 1.25 bits per heavy atom. The zero-order chi connectivity index (χ0) is 14.9. The number of rotatable bonds is 3. The number of H-pyrrole nitrogens is 1. The molecule has 0 aliphatic carbocycles. The molecule has 2 aromatic rings. The van der Waals surface area contributed by atoms with Gasteiger partial charge in [-0.1, -0.05) is 6.07 Å². The highest BCUT2D eigenvalue weighted by atomic mass is 19.4. The molecule has 0 bridgehead atoms. The Hall–Kier alpha value is -2.09. The number of aromatic nitrogens is 2. The molecule has 108 valence electrons. The number of fused-ring (bicyclic) bond motifs is 1. The predicted molar refractivity (Wildman–Crippen MR) is 67.5 cm³/mol. The molecule has 1 heterocycles. The molecule has 0 radical (unpaired) electrons. The summed E-state index contributed by atoms with van der Waals surface area (Å²) in [6.45, 7) is 0.206. The summed E-state index contributed by atoms with van der Waals surface area (Å²) in [5, 5.41) is -0.531. The standard InChI is InChI=1S/C12H12F3N3O2/c13-12(14,15)7-3-1-4-8-9(7)10(19)18(6-2-5-16)11(20)17-8/h1,3-4H,2,5-6,16H2,(H,17,20). The summed E-state index contributed by atoms with van der Waals surface area (Å²) in [5.41, 5.74) is 2.40. The molecule has 0 amide bonds. The van der Waals surface area contributed by atoms with Gasteiger partial charge < -0.3 is 10.7 Å². The van der Waals surface area contributed by atoms with Crippen molar-refractivity contribution in [1.29, 1.82) is 0 Å². The van der Waals surface area contributed by atoms with Gasteiger partial charge in [0.2, 0.25) is 0 Å². The normalized spacial score (nSPS) is 12.0. The summed E-state index contributed by atoms with van der Waals surface area (Å²) >= 11 is 0. The summed E-state index contributed by atoms with van der Waals surface area (Å²) in [4.78, 5) is 26.1. The molecular weight excluding hydrogens is 275 g/mol. The maximum Gasteiger partial charge on any atom is 0.417 e. The third-order valence-corrected chi connectivity index (χ3v) is 2.90. The molecule has 8 heteroatoms. The first-order valence-corrected chi connectivity index (χ1v) is 5.89. The summed E-state index contributed by atoms with van der Waals surface area (Å²) in [7, 11) is 0. The molecule has 0 saturated heterocycles. The molecule has 0 aliphatic heterocycles. The van der Waals surface area contributed by atoms with Crippen LogP contribution in [0.1, 0.15) is 12.0 Å². The molecule has 2 rings (SSSR count). The second-order valence-corrected chi connectivity index (χ2v) is 4.26. The van der Waals surface area contributed by atoms with Crippen LogP contribution in [0.2, 0.25) is 0 Å². The predicted octanol–water partition coefficient (Wildman–Crippen LogP) is 1.06. The Balaban J connectivity index is 2.81. The highest BCUT2D eigenvalue weighted by Gasteiger charge is 2.34. The maximum absolute atomic E-state index is 12.9. The van der Waals surface area contributed by atoms with E-state index in [0.29, 0.717) is 6.42 Å². The average Bonchev–Trinajstić information content (AvgIpc) is 2.36. The average molecular weight is 287 g/mol. The molecule has 5 nitrogen and oxygen atoms in total. The van der Waals surface area contributed by atoms with Gasteiger partial charge in [-0.25, -0.2) is 4.79 Å². The first-order chi connectivity index (χ1) is 9.36. The fourth-order valence-corrected chi connectivity index (χ4v) is 1.99. The van der Waals surface area contributed by atoms with E-state index in [2.05, 4.69) is 4.98 Å². The van der Waals surface area contributed by atoms with Crippen molar-refractivity contribution in [3.8, 4) is 0 Å². The molecule has 1 aromatic heterocycles. The lowest BCUT2D eigenvalue weighted by molar-refractivity contribution is -0.136. The minimum absolute atomic E-state index is 0.0210. The minimum atomic E-state index is -4.66. The van der Waals surface area contributed by atoms with Gasteiger partial charge in [-0.15, -0.1) is 0 Å². The molecule has 0 fully saturated rings. The molecule has 0 unspecified atom stereocenters. The Kier molecular flexibility index (Phi) is 3.67. The van der Waals surface area contributed by atoms with Crippen molar-refractivity contribution in [3.05, 3.63) is 44.6 Å². The summed E-state index contributed by atoms with van der Waals surface area (Å²) in [6, 6.07) is 3.22. The van der Waals surface area contributed by atoms with Crippen LogP contribution < -0.4 is 17.0 Å². The number of nitrogens with zero attached hydrogens (tertiary/aromatic N) is 1. The van der Waals surface area contributed by atoms with Gasteiger partial charge in [0.15, 0.2) is 0 Å².